The smallest absolute Gasteiger partial charge is 0.134 e. The zero-order valence-electron chi connectivity index (χ0n) is 12.0. The Morgan fingerprint density at radius 3 is 2.42 bits per heavy atom. The Morgan fingerprint density at radius 2 is 1.68 bits per heavy atom. The molecule has 1 heteroatoms. The molecule has 19 heavy (non-hydrogen) atoms. The van der Waals surface area contributed by atoms with Gasteiger partial charge in [0, 0.05) is 17.0 Å². The number of benzene rings is 2. The molecule has 2 aromatic carbocycles. The van der Waals surface area contributed by atoms with E-state index in [-0.39, 0.29) is 0 Å². The van der Waals surface area contributed by atoms with Crippen LogP contribution in [-0.2, 0) is 0 Å². The molecule has 0 spiro atoms. The van der Waals surface area contributed by atoms with Crippen molar-refractivity contribution in [2.75, 3.05) is 0 Å². The molecule has 0 aliphatic carbocycles. The third-order valence-electron chi connectivity index (χ3n) is 4.17. The van der Waals surface area contributed by atoms with Crippen molar-refractivity contribution in [1.82, 2.24) is 0 Å². The molecule has 0 bridgehead atoms. The second kappa shape index (κ2) is 4.41. The first-order valence-corrected chi connectivity index (χ1v) is 6.96. The molecule has 0 saturated carbocycles. The fourth-order valence-corrected chi connectivity index (χ4v) is 3.02. The summed E-state index contributed by atoms with van der Waals surface area (Å²) in [6.07, 6.45) is 0. The van der Waals surface area contributed by atoms with Gasteiger partial charge in [-0.2, -0.15) is 0 Å². The van der Waals surface area contributed by atoms with Gasteiger partial charge in [0.05, 0.1) is 0 Å². The molecule has 1 nitrogen and oxygen atoms in total. The zero-order valence-corrected chi connectivity index (χ0v) is 12.0. The third kappa shape index (κ3) is 1.85. The van der Waals surface area contributed by atoms with Crippen molar-refractivity contribution in [2.24, 2.45) is 5.92 Å². The third-order valence-corrected chi connectivity index (χ3v) is 4.17. The van der Waals surface area contributed by atoms with E-state index >= 15 is 0 Å². The van der Waals surface area contributed by atoms with E-state index in [1.165, 1.54) is 22.3 Å². The van der Waals surface area contributed by atoms with Crippen LogP contribution >= 0.6 is 0 Å². The van der Waals surface area contributed by atoms with Crippen LogP contribution in [0.25, 0.3) is 0 Å². The van der Waals surface area contributed by atoms with Gasteiger partial charge in [-0.1, -0.05) is 44.2 Å². The number of hydrogen-bond acceptors (Lipinski definition) is 1. The molecule has 1 aliphatic heterocycles. The van der Waals surface area contributed by atoms with Gasteiger partial charge >= 0.3 is 0 Å². The molecule has 0 aromatic heterocycles. The van der Waals surface area contributed by atoms with E-state index in [2.05, 4.69) is 58.0 Å². The maximum Gasteiger partial charge on any atom is 0.134 e. The molecule has 0 saturated heterocycles. The monoisotopic (exact) mass is 252 g/mol. The van der Waals surface area contributed by atoms with E-state index in [1.54, 1.807) is 0 Å². The Balaban J connectivity index is 2.25. The Morgan fingerprint density at radius 1 is 0.947 bits per heavy atom. The Hall–Kier alpha value is -1.76. The van der Waals surface area contributed by atoms with E-state index in [9.17, 15) is 0 Å². The maximum absolute atomic E-state index is 6.17. The van der Waals surface area contributed by atoms with Crippen molar-refractivity contribution in [1.29, 1.82) is 0 Å². The molecule has 98 valence electrons. The standard InChI is InChI=1S/C18H20O/c1-11(2)17-14-7-5-6-8-16(14)19-18-13(4)12(3)9-10-15(17)18/h5-11,17H,1-4H3. The summed E-state index contributed by atoms with van der Waals surface area (Å²) < 4.78 is 6.17. The minimum Gasteiger partial charge on any atom is -0.456 e. The van der Waals surface area contributed by atoms with Crippen LogP contribution in [0.2, 0.25) is 0 Å². The quantitative estimate of drug-likeness (QED) is 0.678. The highest BCUT2D eigenvalue weighted by atomic mass is 16.5. The molecule has 0 N–H and O–H groups in total. The lowest BCUT2D eigenvalue weighted by Crippen LogP contribution is -2.16. The minimum atomic E-state index is 0.430. The number of ether oxygens (including phenoxy) is 1. The van der Waals surface area contributed by atoms with Crippen LogP contribution in [0, 0.1) is 19.8 Å². The first-order valence-electron chi connectivity index (χ1n) is 6.96. The van der Waals surface area contributed by atoms with Gasteiger partial charge < -0.3 is 4.74 Å². The van der Waals surface area contributed by atoms with E-state index in [0.29, 0.717) is 11.8 Å². The number of rotatable bonds is 1. The largest absolute Gasteiger partial charge is 0.456 e. The maximum atomic E-state index is 6.17. The topological polar surface area (TPSA) is 9.23 Å². The predicted octanol–water partition coefficient (Wildman–Crippen LogP) is 5.20. The van der Waals surface area contributed by atoms with Gasteiger partial charge in [0.1, 0.15) is 11.5 Å². The molecular weight excluding hydrogens is 232 g/mol. The van der Waals surface area contributed by atoms with Crippen LogP contribution in [0.1, 0.15) is 42.0 Å². The molecular formula is C18H20O. The molecule has 0 radical (unpaired) electrons. The van der Waals surface area contributed by atoms with Crippen molar-refractivity contribution in [2.45, 2.75) is 33.6 Å². The summed E-state index contributed by atoms with van der Waals surface area (Å²) in [5.41, 5.74) is 5.20. The summed E-state index contributed by atoms with van der Waals surface area (Å²) in [5.74, 6) is 3.07. The van der Waals surface area contributed by atoms with E-state index in [1.807, 2.05) is 6.07 Å². The molecule has 1 atom stereocenters. The second-order valence-corrected chi connectivity index (χ2v) is 5.79. The van der Waals surface area contributed by atoms with Gasteiger partial charge in [-0.15, -0.1) is 0 Å². The second-order valence-electron chi connectivity index (χ2n) is 5.79. The van der Waals surface area contributed by atoms with Crippen molar-refractivity contribution >= 4 is 0 Å². The number of para-hydroxylation sites is 1. The molecule has 1 aliphatic rings. The van der Waals surface area contributed by atoms with Crippen LogP contribution in [-0.4, -0.2) is 0 Å². The highest BCUT2D eigenvalue weighted by Gasteiger charge is 2.30. The fourth-order valence-electron chi connectivity index (χ4n) is 3.02. The number of aryl methyl sites for hydroxylation is 1. The molecule has 0 amide bonds. The van der Waals surface area contributed by atoms with Crippen LogP contribution in [0.4, 0.5) is 0 Å². The van der Waals surface area contributed by atoms with E-state index < -0.39 is 0 Å². The van der Waals surface area contributed by atoms with Crippen molar-refractivity contribution < 1.29 is 4.74 Å². The Kier molecular flexibility index (Phi) is 2.85. The summed E-state index contributed by atoms with van der Waals surface area (Å²) in [7, 11) is 0. The minimum absolute atomic E-state index is 0.430. The average Bonchev–Trinajstić information content (AvgIpc) is 2.40. The summed E-state index contributed by atoms with van der Waals surface area (Å²) in [5, 5.41) is 0. The van der Waals surface area contributed by atoms with Gasteiger partial charge in [-0.05, 0) is 37.0 Å². The lowest BCUT2D eigenvalue weighted by molar-refractivity contribution is 0.416. The molecule has 3 rings (SSSR count). The first kappa shape index (κ1) is 12.3. The van der Waals surface area contributed by atoms with Crippen LogP contribution in [0.15, 0.2) is 36.4 Å². The van der Waals surface area contributed by atoms with Gasteiger partial charge in [-0.25, -0.2) is 0 Å². The first-order chi connectivity index (χ1) is 9.09. The van der Waals surface area contributed by atoms with Crippen molar-refractivity contribution in [3.05, 3.63) is 58.7 Å². The molecule has 1 heterocycles. The molecule has 2 aromatic rings. The molecule has 0 fully saturated rings. The summed E-state index contributed by atoms with van der Waals surface area (Å²) in [6.45, 7) is 8.86. The van der Waals surface area contributed by atoms with Gasteiger partial charge in [0.15, 0.2) is 0 Å². The zero-order chi connectivity index (χ0) is 13.6. The lowest BCUT2D eigenvalue weighted by atomic mass is 9.79. The fraction of sp³-hybridized carbons (Fsp3) is 0.333. The predicted molar refractivity (Wildman–Crippen MR) is 79.1 cm³/mol. The Bertz CT molecular complexity index is 626. The van der Waals surface area contributed by atoms with Crippen LogP contribution in [0.5, 0.6) is 11.5 Å². The average molecular weight is 252 g/mol. The van der Waals surface area contributed by atoms with Gasteiger partial charge in [-0.3, -0.25) is 0 Å². The van der Waals surface area contributed by atoms with Crippen LogP contribution < -0.4 is 4.74 Å². The van der Waals surface area contributed by atoms with Crippen molar-refractivity contribution in [3.8, 4) is 11.5 Å². The van der Waals surface area contributed by atoms with Gasteiger partial charge in [0.25, 0.3) is 0 Å². The van der Waals surface area contributed by atoms with E-state index in [0.717, 1.165) is 11.5 Å². The van der Waals surface area contributed by atoms with Gasteiger partial charge in [0.2, 0.25) is 0 Å². The summed E-state index contributed by atoms with van der Waals surface area (Å²) in [4.78, 5) is 0. The highest BCUT2D eigenvalue weighted by Crippen LogP contribution is 2.48. The Labute approximate surface area is 115 Å². The van der Waals surface area contributed by atoms with Crippen LogP contribution in [0.3, 0.4) is 0 Å². The lowest BCUT2D eigenvalue weighted by Gasteiger charge is -2.32. The molecule has 1 unspecified atom stereocenters. The normalized spacial score (nSPS) is 16.8. The highest BCUT2D eigenvalue weighted by molar-refractivity contribution is 5.57. The summed E-state index contributed by atoms with van der Waals surface area (Å²) >= 11 is 0. The number of hydrogen-bond donors (Lipinski definition) is 0. The van der Waals surface area contributed by atoms with Crippen molar-refractivity contribution in [3.63, 3.8) is 0 Å². The SMILES string of the molecule is Cc1ccc2c(c1C)Oc1ccccc1C2C(C)C. The summed E-state index contributed by atoms with van der Waals surface area (Å²) in [6, 6.07) is 12.9. The number of fused-ring (bicyclic) bond motifs is 2. The van der Waals surface area contributed by atoms with E-state index in [4.69, 9.17) is 4.74 Å².